The van der Waals surface area contributed by atoms with E-state index in [2.05, 4.69) is 4.98 Å². The highest BCUT2D eigenvalue weighted by Crippen LogP contribution is 2.20. The Hall–Kier alpha value is -1.36. The van der Waals surface area contributed by atoms with Gasteiger partial charge in [-0.25, -0.2) is 4.98 Å². The molecule has 1 aromatic heterocycles. The van der Waals surface area contributed by atoms with E-state index in [9.17, 15) is 9.90 Å². The predicted octanol–water partition coefficient (Wildman–Crippen LogP) is 1.20. The number of carboxylic acid groups (broad SMARTS) is 1. The predicted molar refractivity (Wildman–Crippen MR) is 61.2 cm³/mol. The van der Waals surface area contributed by atoms with Crippen LogP contribution in [0.5, 0.6) is 0 Å². The van der Waals surface area contributed by atoms with E-state index in [0.29, 0.717) is 13.1 Å². The number of imidazole rings is 1. The van der Waals surface area contributed by atoms with Crippen molar-refractivity contribution in [1.82, 2.24) is 14.5 Å². The lowest BCUT2D eigenvalue weighted by atomic mass is 10.2. The van der Waals surface area contributed by atoms with Crippen LogP contribution in [0.3, 0.4) is 0 Å². The average Bonchev–Trinajstić information content (AvgIpc) is 2.56. The molecular weight excluding hydrogens is 206 g/mol. The third kappa shape index (κ3) is 2.24. The molecule has 0 amide bonds. The molecule has 1 unspecified atom stereocenters. The molecule has 0 saturated heterocycles. The van der Waals surface area contributed by atoms with Crippen LogP contribution in [0.25, 0.3) is 0 Å². The van der Waals surface area contributed by atoms with E-state index in [4.69, 9.17) is 0 Å². The molecule has 0 spiro atoms. The van der Waals surface area contributed by atoms with Gasteiger partial charge in [0.25, 0.3) is 0 Å². The Morgan fingerprint density at radius 2 is 2.12 bits per heavy atom. The second-order valence-electron chi connectivity index (χ2n) is 3.75. The third-order valence-electron chi connectivity index (χ3n) is 2.95. The second-order valence-corrected chi connectivity index (χ2v) is 3.75. The van der Waals surface area contributed by atoms with Crippen LogP contribution in [0.4, 0.5) is 0 Å². The molecule has 0 aromatic carbocycles. The van der Waals surface area contributed by atoms with Gasteiger partial charge in [0.1, 0.15) is 5.82 Å². The molecule has 90 valence electrons. The molecule has 1 N–H and O–H groups in total. The lowest BCUT2D eigenvalue weighted by molar-refractivity contribution is -0.143. The highest BCUT2D eigenvalue weighted by molar-refractivity contribution is 5.74. The molecule has 0 aliphatic rings. The molecular formula is C11H19N3O2. The fraction of sp³-hybridized carbons (Fsp3) is 0.636. The molecule has 0 saturated carbocycles. The molecule has 0 aliphatic heterocycles. The molecule has 0 aliphatic carbocycles. The number of nitrogens with zero attached hydrogens (tertiary/aromatic N) is 3. The van der Waals surface area contributed by atoms with Gasteiger partial charge in [0.05, 0.1) is 11.9 Å². The Morgan fingerprint density at radius 3 is 2.44 bits per heavy atom. The number of hydrogen-bond acceptors (Lipinski definition) is 3. The maximum absolute atomic E-state index is 11.3. The van der Waals surface area contributed by atoms with Crippen LogP contribution in [0.1, 0.15) is 31.4 Å². The summed E-state index contributed by atoms with van der Waals surface area (Å²) in [6, 6.07) is -0.610. The zero-order valence-corrected chi connectivity index (χ0v) is 10.3. The second kappa shape index (κ2) is 5.12. The van der Waals surface area contributed by atoms with Crippen LogP contribution in [-0.2, 0) is 11.8 Å². The fourth-order valence-corrected chi connectivity index (χ4v) is 1.83. The lowest BCUT2D eigenvalue weighted by Crippen LogP contribution is -2.35. The van der Waals surface area contributed by atoms with E-state index in [1.165, 1.54) is 0 Å². The van der Waals surface area contributed by atoms with Crippen LogP contribution < -0.4 is 0 Å². The minimum Gasteiger partial charge on any atom is -0.480 e. The van der Waals surface area contributed by atoms with Crippen LogP contribution in [0.15, 0.2) is 6.20 Å². The molecule has 1 rings (SSSR count). The van der Waals surface area contributed by atoms with Gasteiger partial charge in [-0.2, -0.15) is 0 Å². The first-order valence-electron chi connectivity index (χ1n) is 5.47. The quantitative estimate of drug-likeness (QED) is 0.818. The highest BCUT2D eigenvalue weighted by atomic mass is 16.4. The number of likely N-dealkylation sites (N-methyl/N-ethyl adjacent to an activating group) is 1. The summed E-state index contributed by atoms with van der Waals surface area (Å²) in [4.78, 5) is 17.4. The summed E-state index contributed by atoms with van der Waals surface area (Å²) < 4.78 is 1.83. The van der Waals surface area contributed by atoms with Crippen molar-refractivity contribution in [2.75, 3.05) is 13.1 Å². The number of aliphatic carboxylic acids is 1. The lowest BCUT2D eigenvalue weighted by Gasteiger charge is -2.26. The molecule has 1 heterocycles. The molecule has 0 radical (unpaired) electrons. The first-order valence-corrected chi connectivity index (χ1v) is 5.47. The minimum atomic E-state index is -0.827. The van der Waals surface area contributed by atoms with Gasteiger partial charge in [-0.1, -0.05) is 13.8 Å². The Bertz CT molecular complexity index is 369. The highest BCUT2D eigenvalue weighted by Gasteiger charge is 2.28. The smallest absolute Gasteiger partial charge is 0.327 e. The van der Waals surface area contributed by atoms with Gasteiger partial charge < -0.3 is 9.67 Å². The summed E-state index contributed by atoms with van der Waals surface area (Å²) in [5, 5.41) is 9.31. The van der Waals surface area contributed by atoms with Crippen LogP contribution in [0, 0.1) is 6.92 Å². The number of rotatable bonds is 5. The maximum atomic E-state index is 11.3. The van der Waals surface area contributed by atoms with Gasteiger partial charge in [-0.05, 0) is 20.0 Å². The molecule has 0 fully saturated rings. The van der Waals surface area contributed by atoms with Gasteiger partial charge in [0.2, 0.25) is 0 Å². The Labute approximate surface area is 95.7 Å². The average molecular weight is 225 g/mol. The number of aromatic nitrogens is 2. The zero-order chi connectivity index (χ0) is 12.3. The molecule has 1 aromatic rings. The van der Waals surface area contributed by atoms with Gasteiger partial charge in [0.15, 0.2) is 6.04 Å². The standard InChI is InChI=1S/C11H19N3O2/c1-5-14(6-2)10(11(15)16)9-7-12-8(3)13(9)4/h7,10H,5-6H2,1-4H3,(H,15,16). The summed E-state index contributed by atoms with van der Waals surface area (Å²) in [6.07, 6.45) is 1.65. The third-order valence-corrected chi connectivity index (χ3v) is 2.95. The number of carboxylic acids is 1. The van der Waals surface area contributed by atoms with E-state index in [-0.39, 0.29) is 0 Å². The van der Waals surface area contributed by atoms with E-state index in [0.717, 1.165) is 11.5 Å². The molecule has 0 bridgehead atoms. The van der Waals surface area contributed by atoms with Crippen LogP contribution in [0.2, 0.25) is 0 Å². The number of carbonyl (C=O) groups is 1. The summed E-state index contributed by atoms with van der Waals surface area (Å²) in [5.74, 6) is 0.0000983. The van der Waals surface area contributed by atoms with Crippen molar-refractivity contribution in [3.63, 3.8) is 0 Å². The largest absolute Gasteiger partial charge is 0.480 e. The van der Waals surface area contributed by atoms with Crippen molar-refractivity contribution >= 4 is 5.97 Å². The van der Waals surface area contributed by atoms with E-state index < -0.39 is 12.0 Å². The Morgan fingerprint density at radius 1 is 1.56 bits per heavy atom. The minimum absolute atomic E-state index is 0.610. The topological polar surface area (TPSA) is 58.4 Å². The maximum Gasteiger partial charge on any atom is 0.327 e. The molecule has 5 nitrogen and oxygen atoms in total. The van der Waals surface area contributed by atoms with E-state index in [1.807, 2.05) is 37.3 Å². The Kier molecular flexibility index (Phi) is 4.06. The van der Waals surface area contributed by atoms with Gasteiger partial charge >= 0.3 is 5.97 Å². The van der Waals surface area contributed by atoms with Crippen molar-refractivity contribution in [3.05, 3.63) is 17.7 Å². The Balaban J connectivity index is 3.12. The van der Waals surface area contributed by atoms with Crippen molar-refractivity contribution in [3.8, 4) is 0 Å². The van der Waals surface area contributed by atoms with Crippen LogP contribution >= 0.6 is 0 Å². The fourth-order valence-electron chi connectivity index (χ4n) is 1.83. The normalized spacial score (nSPS) is 13.1. The van der Waals surface area contributed by atoms with E-state index in [1.54, 1.807) is 6.20 Å². The summed E-state index contributed by atoms with van der Waals surface area (Å²) in [7, 11) is 1.84. The number of aryl methyl sites for hydroxylation is 1. The summed E-state index contributed by atoms with van der Waals surface area (Å²) in [6.45, 7) is 7.20. The first kappa shape index (κ1) is 12.7. The monoisotopic (exact) mass is 225 g/mol. The van der Waals surface area contributed by atoms with Crippen molar-refractivity contribution in [2.24, 2.45) is 7.05 Å². The van der Waals surface area contributed by atoms with Crippen molar-refractivity contribution < 1.29 is 9.90 Å². The first-order chi connectivity index (χ1) is 7.52. The molecule has 16 heavy (non-hydrogen) atoms. The van der Waals surface area contributed by atoms with Gasteiger partial charge in [0, 0.05) is 7.05 Å². The summed E-state index contributed by atoms with van der Waals surface area (Å²) >= 11 is 0. The van der Waals surface area contributed by atoms with Gasteiger partial charge in [-0.3, -0.25) is 9.69 Å². The van der Waals surface area contributed by atoms with E-state index >= 15 is 0 Å². The molecule has 1 atom stereocenters. The zero-order valence-electron chi connectivity index (χ0n) is 10.3. The number of hydrogen-bond donors (Lipinski definition) is 1. The molecule has 5 heteroatoms. The van der Waals surface area contributed by atoms with Gasteiger partial charge in [-0.15, -0.1) is 0 Å². The van der Waals surface area contributed by atoms with Crippen molar-refractivity contribution in [1.29, 1.82) is 0 Å². The summed E-state index contributed by atoms with van der Waals surface area (Å²) in [5.41, 5.74) is 0.730. The van der Waals surface area contributed by atoms with Crippen molar-refractivity contribution in [2.45, 2.75) is 26.8 Å². The SMILES string of the molecule is CCN(CC)C(C(=O)O)c1cnc(C)n1C. The van der Waals surface area contributed by atoms with Crippen LogP contribution in [-0.4, -0.2) is 38.6 Å².